The van der Waals surface area contributed by atoms with Crippen molar-refractivity contribution in [2.45, 2.75) is 32.9 Å². The first-order valence-corrected chi connectivity index (χ1v) is 7.76. The maximum absolute atomic E-state index is 4.15. The molecule has 0 aliphatic heterocycles. The van der Waals surface area contributed by atoms with Crippen LogP contribution in [0.2, 0.25) is 0 Å². The lowest BCUT2D eigenvalue weighted by atomic mass is 10.0. The lowest BCUT2D eigenvalue weighted by molar-refractivity contribution is 0.246. The minimum Gasteiger partial charge on any atom is -0.311 e. The zero-order valence-corrected chi connectivity index (χ0v) is 13.6. The molecule has 0 saturated heterocycles. The summed E-state index contributed by atoms with van der Waals surface area (Å²) in [5, 5.41) is 6.06. The molecule has 0 saturated carbocycles. The van der Waals surface area contributed by atoms with Crippen LogP contribution in [0.25, 0.3) is 10.8 Å². The van der Waals surface area contributed by atoms with Crippen LogP contribution in [0.4, 0.5) is 0 Å². The van der Waals surface area contributed by atoms with Crippen molar-refractivity contribution in [3.05, 3.63) is 42.2 Å². The Morgan fingerprint density at radius 2 is 1.95 bits per heavy atom. The quantitative estimate of drug-likeness (QED) is 0.846. The van der Waals surface area contributed by atoms with Gasteiger partial charge in [0.15, 0.2) is 0 Å². The smallest absolute Gasteiger partial charge is 0.0346 e. The van der Waals surface area contributed by atoms with Crippen LogP contribution in [0.15, 0.2) is 36.7 Å². The molecule has 0 bridgehead atoms. The highest BCUT2D eigenvalue weighted by Gasteiger charge is 2.12. The first-order chi connectivity index (χ1) is 10.1. The second-order valence-electron chi connectivity index (χ2n) is 6.44. The molecule has 0 aliphatic rings. The van der Waals surface area contributed by atoms with E-state index in [9.17, 15) is 0 Å². The summed E-state index contributed by atoms with van der Waals surface area (Å²) in [5.41, 5.74) is 1.33. The first kappa shape index (κ1) is 15.9. The van der Waals surface area contributed by atoms with Crippen molar-refractivity contribution in [3.63, 3.8) is 0 Å². The number of benzene rings is 1. The second-order valence-corrected chi connectivity index (χ2v) is 6.44. The monoisotopic (exact) mass is 285 g/mol. The Morgan fingerprint density at radius 1 is 1.14 bits per heavy atom. The van der Waals surface area contributed by atoms with Crippen LogP contribution in [0, 0.1) is 5.92 Å². The van der Waals surface area contributed by atoms with Crippen molar-refractivity contribution in [3.8, 4) is 0 Å². The van der Waals surface area contributed by atoms with Crippen LogP contribution in [-0.4, -0.2) is 36.6 Å². The standard InChI is InChI=1S/C18H27N3/c1-14(2)9-18(21(3)4)13-20-11-15-5-6-17-12-19-8-7-16(17)10-15/h5-8,10,12,14,18,20H,9,11,13H2,1-4H3. The highest BCUT2D eigenvalue weighted by atomic mass is 15.1. The van der Waals surface area contributed by atoms with E-state index in [-0.39, 0.29) is 0 Å². The van der Waals surface area contributed by atoms with Crippen molar-refractivity contribution in [2.24, 2.45) is 5.92 Å². The van der Waals surface area contributed by atoms with Gasteiger partial charge in [-0.2, -0.15) is 0 Å². The van der Waals surface area contributed by atoms with Gasteiger partial charge < -0.3 is 10.2 Å². The van der Waals surface area contributed by atoms with Gasteiger partial charge in [0.25, 0.3) is 0 Å². The van der Waals surface area contributed by atoms with Crippen LogP contribution in [0.1, 0.15) is 25.8 Å². The van der Waals surface area contributed by atoms with Crippen LogP contribution < -0.4 is 5.32 Å². The molecule has 114 valence electrons. The summed E-state index contributed by atoms with van der Waals surface area (Å²) < 4.78 is 0. The van der Waals surface area contributed by atoms with Gasteiger partial charge in [-0.3, -0.25) is 4.98 Å². The van der Waals surface area contributed by atoms with Gasteiger partial charge in [0.1, 0.15) is 0 Å². The van der Waals surface area contributed by atoms with Gasteiger partial charge in [0.05, 0.1) is 0 Å². The number of aromatic nitrogens is 1. The Labute approximate surface area is 128 Å². The van der Waals surface area contributed by atoms with Gasteiger partial charge in [-0.25, -0.2) is 0 Å². The molecule has 0 spiro atoms. The lowest BCUT2D eigenvalue weighted by Crippen LogP contribution is -2.38. The highest BCUT2D eigenvalue weighted by Crippen LogP contribution is 2.14. The maximum Gasteiger partial charge on any atom is 0.0346 e. The average molecular weight is 285 g/mol. The molecule has 1 aromatic heterocycles. The number of nitrogens with zero attached hydrogens (tertiary/aromatic N) is 2. The summed E-state index contributed by atoms with van der Waals surface area (Å²) in [6.45, 7) is 6.52. The average Bonchev–Trinajstić information content (AvgIpc) is 2.45. The molecule has 3 nitrogen and oxygen atoms in total. The van der Waals surface area contributed by atoms with Gasteiger partial charge in [-0.1, -0.05) is 26.0 Å². The Hall–Kier alpha value is -1.45. The fourth-order valence-electron chi connectivity index (χ4n) is 2.65. The zero-order valence-electron chi connectivity index (χ0n) is 13.6. The normalized spacial score (nSPS) is 13.2. The van der Waals surface area contributed by atoms with Gasteiger partial charge in [0.2, 0.25) is 0 Å². The number of pyridine rings is 1. The number of nitrogens with one attached hydrogen (secondary N) is 1. The summed E-state index contributed by atoms with van der Waals surface area (Å²) in [6.07, 6.45) is 4.99. The van der Waals surface area contributed by atoms with E-state index in [1.54, 1.807) is 0 Å². The van der Waals surface area contributed by atoms with Gasteiger partial charge >= 0.3 is 0 Å². The predicted octanol–water partition coefficient (Wildman–Crippen LogP) is 3.30. The Bertz CT molecular complexity index is 563. The number of hydrogen-bond acceptors (Lipinski definition) is 3. The lowest BCUT2D eigenvalue weighted by Gasteiger charge is -2.26. The van der Waals surface area contributed by atoms with Crippen LogP contribution in [0.5, 0.6) is 0 Å². The minimum absolute atomic E-state index is 0.592. The number of rotatable bonds is 7. The molecular weight excluding hydrogens is 258 g/mol. The molecule has 1 atom stereocenters. The highest BCUT2D eigenvalue weighted by molar-refractivity contribution is 5.81. The number of fused-ring (bicyclic) bond motifs is 1. The number of likely N-dealkylation sites (N-methyl/N-ethyl adjacent to an activating group) is 1. The molecule has 0 fully saturated rings. The first-order valence-electron chi connectivity index (χ1n) is 7.76. The van der Waals surface area contributed by atoms with Gasteiger partial charge in [-0.05, 0) is 49.5 Å². The van der Waals surface area contributed by atoms with Crippen LogP contribution >= 0.6 is 0 Å². The zero-order chi connectivity index (χ0) is 15.2. The van der Waals surface area contributed by atoms with Gasteiger partial charge in [-0.15, -0.1) is 0 Å². The van der Waals surface area contributed by atoms with Crippen molar-refractivity contribution in [1.82, 2.24) is 15.2 Å². The third-order valence-electron chi connectivity index (χ3n) is 3.89. The van der Waals surface area contributed by atoms with E-state index >= 15 is 0 Å². The van der Waals surface area contributed by atoms with E-state index in [1.165, 1.54) is 22.8 Å². The topological polar surface area (TPSA) is 28.2 Å². The van der Waals surface area contributed by atoms with Crippen LogP contribution in [-0.2, 0) is 6.54 Å². The summed E-state index contributed by atoms with van der Waals surface area (Å²) in [6, 6.07) is 9.24. The minimum atomic E-state index is 0.592. The van der Waals surface area contributed by atoms with E-state index in [1.807, 2.05) is 12.4 Å². The predicted molar refractivity (Wildman–Crippen MR) is 90.4 cm³/mol. The molecular formula is C18H27N3. The van der Waals surface area contributed by atoms with Crippen molar-refractivity contribution in [2.75, 3.05) is 20.6 Å². The summed E-state index contributed by atoms with van der Waals surface area (Å²) >= 11 is 0. The Kier molecular flexibility index (Phi) is 5.71. The van der Waals surface area contributed by atoms with E-state index in [0.717, 1.165) is 19.0 Å². The number of hydrogen-bond donors (Lipinski definition) is 1. The molecule has 1 heterocycles. The SMILES string of the molecule is CC(C)CC(CNCc1ccc2cnccc2c1)N(C)C. The molecule has 21 heavy (non-hydrogen) atoms. The molecule has 2 rings (SSSR count). The third-order valence-corrected chi connectivity index (χ3v) is 3.89. The van der Waals surface area contributed by atoms with Crippen molar-refractivity contribution >= 4 is 10.8 Å². The molecule has 0 amide bonds. The van der Waals surface area contributed by atoms with Gasteiger partial charge in [0, 0.05) is 36.9 Å². The Balaban J connectivity index is 1.91. The molecule has 1 N–H and O–H groups in total. The fraction of sp³-hybridized carbons (Fsp3) is 0.500. The van der Waals surface area contributed by atoms with Crippen LogP contribution in [0.3, 0.4) is 0 Å². The summed E-state index contributed by atoms with van der Waals surface area (Å²) in [7, 11) is 4.33. The van der Waals surface area contributed by atoms with E-state index in [0.29, 0.717) is 6.04 Å². The molecule has 0 radical (unpaired) electrons. The van der Waals surface area contributed by atoms with Crippen molar-refractivity contribution in [1.29, 1.82) is 0 Å². The van der Waals surface area contributed by atoms with E-state index in [2.05, 4.69) is 67.4 Å². The van der Waals surface area contributed by atoms with Crippen molar-refractivity contribution < 1.29 is 0 Å². The summed E-state index contributed by atoms with van der Waals surface area (Å²) in [4.78, 5) is 6.47. The fourth-order valence-corrected chi connectivity index (χ4v) is 2.65. The molecule has 1 unspecified atom stereocenters. The summed E-state index contributed by atoms with van der Waals surface area (Å²) in [5.74, 6) is 0.729. The third kappa shape index (κ3) is 4.80. The van der Waals surface area contributed by atoms with E-state index in [4.69, 9.17) is 0 Å². The second kappa shape index (κ2) is 7.53. The van der Waals surface area contributed by atoms with E-state index < -0.39 is 0 Å². The largest absolute Gasteiger partial charge is 0.311 e. The molecule has 3 heteroatoms. The maximum atomic E-state index is 4.15. The molecule has 1 aromatic carbocycles. The molecule has 0 aliphatic carbocycles. The Morgan fingerprint density at radius 3 is 2.67 bits per heavy atom. The molecule has 2 aromatic rings.